The molecule has 0 amide bonds. The average Bonchev–Trinajstić information content (AvgIpc) is 2.67. The van der Waals surface area contributed by atoms with Crippen molar-refractivity contribution >= 4 is 11.6 Å². The molecule has 0 aromatic carbocycles. The average molecular weight is 202 g/mol. The molecule has 4 aliphatic carbocycles. The molecule has 0 bridgehead atoms. The Morgan fingerprint density at radius 3 is 1.87 bits per heavy atom. The molecule has 4 rings (SSSR count). The Kier molecular flexibility index (Phi) is 1.16. The van der Waals surface area contributed by atoms with Gasteiger partial charge in [0.25, 0.3) is 0 Å². The van der Waals surface area contributed by atoms with Crippen LogP contribution in [0.3, 0.4) is 0 Å². The van der Waals surface area contributed by atoms with Gasteiger partial charge in [0.2, 0.25) is 0 Å². The zero-order chi connectivity index (χ0) is 10.3. The molecular formula is C13H14O2. The first-order valence-electron chi connectivity index (χ1n) is 6.03. The highest BCUT2D eigenvalue weighted by atomic mass is 16.1. The molecule has 15 heavy (non-hydrogen) atoms. The van der Waals surface area contributed by atoms with Gasteiger partial charge in [0, 0.05) is 22.0 Å². The number of rotatable bonds is 0. The minimum absolute atomic E-state index is 0.187. The molecule has 0 spiro atoms. The van der Waals surface area contributed by atoms with Gasteiger partial charge in [0.1, 0.15) is 0 Å². The van der Waals surface area contributed by atoms with Gasteiger partial charge in [-0.1, -0.05) is 6.42 Å². The van der Waals surface area contributed by atoms with Crippen LogP contribution >= 0.6 is 0 Å². The summed E-state index contributed by atoms with van der Waals surface area (Å²) in [6.45, 7) is 0. The predicted molar refractivity (Wildman–Crippen MR) is 54.2 cm³/mol. The molecule has 2 saturated carbocycles. The molecule has 4 aliphatic rings. The van der Waals surface area contributed by atoms with Crippen molar-refractivity contribution < 1.29 is 9.59 Å². The summed E-state index contributed by atoms with van der Waals surface area (Å²) in [5.41, 5.74) is 1.48. The monoisotopic (exact) mass is 202 g/mol. The lowest BCUT2D eigenvalue weighted by Crippen LogP contribution is -2.32. The van der Waals surface area contributed by atoms with Gasteiger partial charge < -0.3 is 0 Å². The number of ketones is 2. The van der Waals surface area contributed by atoms with E-state index in [0.29, 0.717) is 11.6 Å². The van der Waals surface area contributed by atoms with Gasteiger partial charge in [-0.2, -0.15) is 0 Å². The minimum Gasteiger partial charge on any atom is -0.294 e. The number of allylic oxidation sites excluding steroid dienone is 2. The smallest absolute Gasteiger partial charge is 0.166 e. The number of Topliss-reactive ketones (excluding diaryl/α,β-unsaturated/α-hetero) is 2. The van der Waals surface area contributed by atoms with E-state index in [2.05, 4.69) is 0 Å². The number of hydrogen-bond donors (Lipinski definition) is 0. The van der Waals surface area contributed by atoms with Crippen molar-refractivity contribution in [1.82, 2.24) is 0 Å². The maximum absolute atomic E-state index is 12.4. The van der Waals surface area contributed by atoms with Crippen LogP contribution in [-0.4, -0.2) is 11.6 Å². The second-order valence-corrected chi connectivity index (χ2v) is 5.66. The molecule has 78 valence electrons. The van der Waals surface area contributed by atoms with Gasteiger partial charge in [-0.15, -0.1) is 0 Å². The number of carbonyl (C=O) groups is 2. The van der Waals surface area contributed by atoms with E-state index in [1.54, 1.807) is 0 Å². The van der Waals surface area contributed by atoms with Crippen LogP contribution in [-0.2, 0) is 9.59 Å². The number of hydrogen-bond acceptors (Lipinski definition) is 2. The normalized spacial score (nSPS) is 46.7. The van der Waals surface area contributed by atoms with E-state index in [9.17, 15) is 9.59 Å². The first-order chi connectivity index (χ1) is 7.21. The third-order valence-corrected chi connectivity index (χ3v) is 5.24. The summed E-state index contributed by atoms with van der Waals surface area (Å²) in [5.74, 6) is 0.735. The molecule has 0 saturated heterocycles. The third kappa shape index (κ3) is 0.640. The Balaban J connectivity index is 1.95. The molecule has 2 nitrogen and oxygen atoms in total. The van der Waals surface area contributed by atoms with Gasteiger partial charge in [0.05, 0.1) is 0 Å². The highest BCUT2D eigenvalue weighted by Gasteiger charge is 2.79. The first kappa shape index (κ1) is 8.26. The fraction of sp³-hybridized carbons (Fsp3) is 0.692. The van der Waals surface area contributed by atoms with Crippen LogP contribution in [0.25, 0.3) is 0 Å². The van der Waals surface area contributed by atoms with E-state index < -0.39 is 0 Å². The maximum atomic E-state index is 12.4. The Hall–Kier alpha value is -0.920. The molecule has 0 aliphatic heterocycles. The molecule has 0 radical (unpaired) electrons. The van der Waals surface area contributed by atoms with E-state index in [-0.39, 0.29) is 10.8 Å². The first-order valence-corrected chi connectivity index (χ1v) is 6.03. The summed E-state index contributed by atoms with van der Waals surface area (Å²) in [5, 5.41) is 0. The van der Waals surface area contributed by atoms with Crippen LogP contribution in [0.2, 0.25) is 0 Å². The molecule has 2 atom stereocenters. The van der Waals surface area contributed by atoms with Gasteiger partial charge in [-0.25, -0.2) is 0 Å². The van der Waals surface area contributed by atoms with Gasteiger partial charge >= 0.3 is 0 Å². The summed E-state index contributed by atoms with van der Waals surface area (Å²) in [6, 6.07) is 0. The fourth-order valence-corrected chi connectivity index (χ4v) is 4.46. The van der Waals surface area contributed by atoms with E-state index >= 15 is 0 Å². The topological polar surface area (TPSA) is 34.1 Å². The van der Waals surface area contributed by atoms with Crippen molar-refractivity contribution in [2.75, 3.05) is 0 Å². The lowest BCUT2D eigenvalue weighted by molar-refractivity contribution is -0.129. The Morgan fingerprint density at radius 1 is 0.800 bits per heavy atom. The quantitative estimate of drug-likeness (QED) is 0.603. The zero-order valence-corrected chi connectivity index (χ0v) is 8.77. The summed E-state index contributed by atoms with van der Waals surface area (Å²) in [4.78, 5) is 24.8. The van der Waals surface area contributed by atoms with Crippen molar-refractivity contribution in [3.8, 4) is 0 Å². The van der Waals surface area contributed by atoms with Crippen LogP contribution in [0.15, 0.2) is 11.1 Å². The van der Waals surface area contributed by atoms with Crippen molar-refractivity contribution in [3.05, 3.63) is 11.1 Å². The lowest BCUT2D eigenvalue weighted by atomic mass is 9.77. The molecule has 2 heteroatoms. The summed E-state index contributed by atoms with van der Waals surface area (Å²) >= 11 is 0. The molecule has 2 fully saturated rings. The highest BCUT2D eigenvalue weighted by Crippen LogP contribution is 2.77. The second-order valence-electron chi connectivity index (χ2n) is 5.66. The largest absolute Gasteiger partial charge is 0.294 e. The SMILES string of the molecule is O=C1C2=C(CCC2)C(=O)[C@]23CCC[C@@]12C3. The van der Waals surface area contributed by atoms with E-state index in [4.69, 9.17) is 0 Å². The Bertz CT molecular complexity index is 407. The highest BCUT2D eigenvalue weighted by molar-refractivity contribution is 6.21. The van der Waals surface area contributed by atoms with Crippen molar-refractivity contribution in [3.63, 3.8) is 0 Å². The zero-order valence-electron chi connectivity index (χ0n) is 8.77. The standard InChI is InChI=1S/C13H14O2/c14-10-8-3-1-4-9(8)11(15)13-6-2-5-12(10,13)7-13/h1-7H2/t12-,13-/m1/s1. The molecule has 0 aromatic rings. The molecule has 0 unspecified atom stereocenters. The Morgan fingerprint density at radius 2 is 1.33 bits per heavy atom. The van der Waals surface area contributed by atoms with E-state index in [0.717, 1.165) is 56.1 Å². The third-order valence-electron chi connectivity index (χ3n) is 5.24. The van der Waals surface area contributed by atoms with Gasteiger partial charge in [0.15, 0.2) is 11.6 Å². The second kappa shape index (κ2) is 2.11. The summed E-state index contributed by atoms with van der Waals surface area (Å²) in [6.07, 6.45) is 6.69. The summed E-state index contributed by atoms with van der Waals surface area (Å²) < 4.78 is 0. The molecule has 0 N–H and O–H groups in total. The number of carbonyl (C=O) groups excluding carboxylic acids is 2. The Labute approximate surface area is 88.7 Å². The molecular weight excluding hydrogens is 188 g/mol. The van der Waals surface area contributed by atoms with Crippen molar-refractivity contribution in [2.24, 2.45) is 10.8 Å². The fourth-order valence-electron chi connectivity index (χ4n) is 4.46. The van der Waals surface area contributed by atoms with Crippen LogP contribution in [0.4, 0.5) is 0 Å². The van der Waals surface area contributed by atoms with Crippen molar-refractivity contribution in [2.45, 2.75) is 44.9 Å². The van der Waals surface area contributed by atoms with Crippen LogP contribution in [0.5, 0.6) is 0 Å². The van der Waals surface area contributed by atoms with Crippen LogP contribution in [0.1, 0.15) is 44.9 Å². The van der Waals surface area contributed by atoms with Crippen molar-refractivity contribution in [1.29, 1.82) is 0 Å². The predicted octanol–water partition coefficient (Wildman–Crippen LogP) is 2.18. The minimum atomic E-state index is -0.187. The maximum Gasteiger partial charge on any atom is 0.166 e. The van der Waals surface area contributed by atoms with Gasteiger partial charge in [-0.05, 0) is 38.5 Å². The van der Waals surface area contributed by atoms with E-state index in [1.807, 2.05) is 0 Å². The van der Waals surface area contributed by atoms with Gasteiger partial charge in [-0.3, -0.25) is 9.59 Å². The lowest BCUT2D eigenvalue weighted by Gasteiger charge is -2.23. The molecule has 0 aromatic heterocycles. The molecule has 0 heterocycles. The van der Waals surface area contributed by atoms with Crippen LogP contribution in [0, 0.1) is 10.8 Å². The van der Waals surface area contributed by atoms with Crippen LogP contribution < -0.4 is 0 Å². The van der Waals surface area contributed by atoms with E-state index in [1.165, 1.54) is 0 Å². The summed E-state index contributed by atoms with van der Waals surface area (Å²) in [7, 11) is 0.